The van der Waals surface area contributed by atoms with Crippen molar-refractivity contribution in [3.05, 3.63) is 118 Å². The molecule has 2 aliphatic heterocycles. The first-order valence-electron chi connectivity index (χ1n) is 11.0. The minimum atomic E-state index is -1.97. The number of esters is 1. The topological polar surface area (TPSA) is 68.2 Å². The number of carbonyl (C=O) groups excluding carboxylic acids is 2. The second-order valence-electron chi connectivity index (χ2n) is 8.18. The number of benzene rings is 4. The van der Waals surface area contributed by atoms with Gasteiger partial charge in [0.2, 0.25) is 5.78 Å². The maximum Gasteiger partial charge on any atom is 0.383 e. The molecule has 4 aromatic carbocycles. The summed E-state index contributed by atoms with van der Waals surface area (Å²) in [5.74, 6) is -0.452. The Balaban J connectivity index is 1.65. The molecule has 6 rings (SSSR count). The fourth-order valence-corrected chi connectivity index (χ4v) is 4.76. The minimum absolute atomic E-state index is 0.0167. The van der Waals surface area contributed by atoms with E-state index in [0.29, 0.717) is 44.0 Å². The van der Waals surface area contributed by atoms with Gasteiger partial charge in [0.05, 0.1) is 22.5 Å². The van der Waals surface area contributed by atoms with Gasteiger partial charge in [-0.05, 0) is 60.7 Å². The van der Waals surface area contributed by atoms with Gasteiger partial charge in [-0.15, -0.1) is 0 Å². The second-order valence-corrected chi connectivity index (χ2v) is 9.06. The van der Waals surface area contributed by atoms with Crippen molar-refractivity contribution in [1.29, 1.82) is 0 Å². The average Bonchev–Trinajstić information content (AvgIpc) is 3.16. The molecule has 0 saturated heterocycles. The number of hydrogen-bond acceptors (Lipinski definition) is 6. The van der Waals surface area contributed by atoms with Crippen LogP contribution in [0.3, 0.4) is 0 Å². The first kappa shape index (κ1) is 22.3. The molecule has 2 aliphatic rings. The van der Waals surface area contributed by atoms with Gasteiger partial charge in [0.15, 0.2) is 5.84 Å². The van der Waals surface area contributed by atoms with Gasteiger partial charge < -0.3 is 9.47 Å². The summed E-state index contributed by atoms with van der Waals surface area (Å²) in [5, 5.41) is 0.743. The number of rotatable bonds is 4. The summed E-state index contributed by atoms with van der Waals surface area (Å²) in [5.41, 5.74) is -0.565. The highest BCUT2D eigenvalue weighted by molar-refractivity contribution is 6.56. The summed E-state index contributed by atoms with van der Waals surface area (Å²) in [6.45, 7) is 0. The van der Waals surface area contributed by atoms with Crippen molar-refractivity contribution >= 4 is 52.2 Å². The van der Waals surface area contributed by atoms with Crippen molar-refractivity contribution in [1.82, 2.24) is 0 Å². The number of amidine groups is 1. The molecule has 4 aromatic rings. The monoisotopic (exact) mass is 514 g/mol. The standard InChI is InChI=1S/C28H16Cl2N2O4/c29-17-12-14-24-21(15-17)25(33)26-31-23-13-11-18(30)16-22(23)28(32(24)26,36-20-9-5-2-6-10-20)27(34)35-19-7-3-1-4-8-19/h1-16H. The van der Waals surface area contributed by atoms with Gasteiger partial charge in [0, 0.05) is 10.0 Å². The molecule has 0 aliphatic carbocycles. The van der Waals surface area contributed by atoms with E-state index in [9.17, 15) is 9.59 Å². The highest BCUT2D eigenvalue weighted by atomic mass is 35.5. The Kier molecular flexibility index (Phi) is 5.29. The molecule has 0 N–H and O–H groups in total. The summed E-state index contributed by atoms with van der Waals surface area (Å²) in [6.07, 6.45) is 0. The van der Waals surface area contributed by atoms with Crippen LogP contribution in [0, 0.1) is 0 Å². The summed E-state index contributed by atoms with van der Waals surface area (Å²) >= 11 is 12.6. The summed E-state index contributed by atoms with van der Waals surface area (Å²) < 4.78 is 12.4. The Morgan fingerprint density at radius 1 is 0.806 bits per heavy atom. The molecule has 0 spiro atoms. The van der Waals surface area contributed by atoms with E-state index in [1.165, 1.54) is 4.90 Å². The third-order valence-electron chi connectivity index (χ3n) is 5.96. The number of ketones is 1. The van der Waals surface area contributed by atoms with Crippen LogP contribution >= 0.6 is 23.2 Å². The lowest BCUT2D eigenvalue weighted by Gasteiger charge is -2.43. The molecule has 8 heteroatoms. The number of halogens is 2. The molecule has 2 heterocycles. The van der Waals surface area contributed by atoms with Crippen LogP contribution in [0.25, 0.3) is 0 Å². The Bertz CT molecular complexity index is 1560. The number of anilines is 1. The number of hydrogen-bond donors (Lipinski definition) is 0. The summed E-state index contributed by atoms with van der Waals surface area (Å²) in [6, 6.07) is 27.2. The zero-order valence-electron chi connectivity index (χ0n) is 18.5. The number of carbonyl (C=O) groups is 2. The molecule has 0 saturated carbocycles. The van der Waals surface area contributed by atoms with Gasteiger partial charge in [-0.2, -0.15) is 0 Å². The number of Topliss-reactive ketones (excluding diaryl/α,β-unsaturated/α-hetero) is 1. The maximum atomic E-state index is 14.3. The summed E-state index contributed by atoms with van der Waals surface area (Å²) in [7, 11) is 0. The third-order valence-corrected chi connectivity index (χ3v) is 6.43. The van der Waals surface area contributed by atoms with Crippen LogP contribution in [0.4, 0.5) is 11.4 Å². The molecule has 6 nitrogen and oxygen atoms in total. The van der Waals surface area contributed by atoms with Crippen molar-refractivity contribution in [3.8, 4) is 11.5 Å². The second kappa shape index (κ2) is 8.52. The highest BCUT2D eigenvalue weighted by Crippen LogP contribution is 2.49. The number of para-hydroxylation sites is 2. The van der Waals surface area contributed by atoms with Crippen LogP contribution < -0.4 is 14.4 Å². The van der Waals surface area contributed by atoms with Gasteiger partial charge in [0.25, 0.3) is 0 Å². The zero-order chi connectivity index (χ0) is 24.9. The smallest absolute Gasteiger partial charge is 0.383 e. The van der Waals surface area contributed by atoms with Crippen LogP contribution in [0.5, 0.6) is 11.5 Å². The fraction of sp³-hybridized carbons (Fsp3) is 0.0357. The van der Waals surface area contributed by atoms with Crippen LogP contribution in [-0.2, 0) is 10.5 Å². The van der Waals surface area contributed by atoms with Crippen LogP contribution in [-0.4, -0.2) is 17.6 Å². The van der Waals surface area contributed by atoms with Crippen LogP contribution in [0.1, 0.15) is 15.9 Å². The Hall–Kier alpha value is -4.13. The van der Waals surface area contributed by atoms with Gasteiger partial charge in [-0.3, -0.25) is 9.69 Å². The quantitative estimate of drug-likeness (QED) is 0.227. The van der Waals surface area contributed by atoms with Crippen molar-refractivity contribution in [2.45, 2.75) is 5.72 Å². The van der Waals surface area contributed by atoms with Gasteiger partial charge in [-0.1, -0.05) is 59.6 Å². The van der Waals surface area contributed by atoms with E-state index in [4.69, 9.17) is 32.7 Å². The average molecular weight is 515 g/mol. The Morgan fingerprint density at radius 3 is 2.17 bits per heavy atom. The van der Waals surface area contributed by atoms with E-state index < -0.39 is 11.7 Å². The van der Waals surface area contributed by atoms with Gasteiger partial charge in [0.1, 0.15) is 11.5 Å². The number of nitrogens with zero attached hydrogens (tertiary/aromatic N) is 2. The Labute approximate surface area is 216 Å². The third kappa shape index (κ3) is 3.46. The Morgan fingerprint density at radius 2 is 1.44 bits per heavy atom. The predicted octanol–water partition coefficient (Wildman–Crippen LogP) is 6.58. The van der Waals surface area contributed by atoms with E-state index >= 15 is 0 Å². The van der Waals surface area contributed by atoms with Crippen molar-refractivity contribution in [2.24, 2.45) is 4.99 Å². The van der Waals surface area contributed by atoms with E-state index in [-0.39, 0.29) is 11.6 Å². The van der Waals surface area contributed by atoms with Crippen molar-refractivity contribution in [3.63, 3.8) is 0 Å². The highest BCUT2D eigenvalue weighted by Gasteiger charge is 2.60. The molecule has 36 heavy (non-hydrogen) atoms. The number of fused-ring (bicyclic) bond motifs is 4. The lowest BCUT2D eigenvalue weighted by molar-refractivity contribution is -0.152. The molecule has 1 unspecified atom stereocenters. The van der Waals surface area contributed by atoms with E-state index in [2.05, 4.69) is 4.99 Å². The number of aliphatic imine (C=N–C) groups is 1. The molecule has 0 radical (unpaired) electrons. The van der Waals surface area contributed by atoms with E-state index in [1.807, 2.05) is 12.1 Å². The van der Waals surface area contributed by atoms with E-state index in [1.54, 1.807) is 84.9 Å². The molecule has 0 bridgehead atoms. The van der Waals surface area contributed by atoms with Crippen LogP contribution in [0.2, 0.25) is 10.0 Å². The SMILES string of the molecule is O=C1C2=Nc3ccc(Cl)cc3C(Oc3ccccc3)(C(=O)Oc3ccccc3)N2c2ccc(Cl)cc21. The zero-order valence-corrected chi connectivity index (χ0v) is 20.0. The minimum Gasteiger partial charge on any atom is -0.452 e. The van der Waals surface area contributed by atoms with Crippen LogP contribution in [0.15, 0.2) is 102 Å². The molecule has 0 aromatic heterocycles. The largest absolute Gasteiger partial charge is 0.452 e. The van der Waals surface area contributed by atoms with Crippen molar-refractivity contribution in [2.75, 3.05) is 4.90 Å². The molecule has 0 fully saturated rings. The lowest BCUT2D eigenvalue weighted by atomic mass is 9.96. The molecule has 1 atom stereocenters. The first-order valence-corrected chi connectivity index (χ1v) is 11.8. The first-order chi connectivity index (χ1) is 17.5. The molecular weight excluding hydrogens is 499 g/mol. The molecule has 176 valence electrons. The molecular formula is C28H16Cl2N2O4. The normalized spacial score (nSPS) is 17.6. The number of ether oxygens (including phenoxy) is 2. The van der Waals surface area contributed by atoms with E-state index in [0.717, 1.165) is 0 Å². The van der Waals surface area contributed by atoms with Gasteiger partial charge in [-0.25, -0.2) is 9.79 Å². The lowest BCUT2D eigenvalue weighted by Crippen LogP contribution is -2.61. The maximum absolute atomic E-state index is 14.3. The van der Waals surface area contributed by atoms with Crippen molar-refractivity contribution < 1.29 is 19.1 Å². The molecule has 0 amide bonds. The van der Waals surface area contributed by atoms with Gasteiger partial charge >= 0.3 is 11.7 Å². The fourth-order valence-electron chi connectivity index (χ4n) is 4.42. The summed E-state index contributed by atoms with van der Waals surface area (Å²) in [4.78, 5) is 33.9. The predicted molar refractivity (Wildman–Crippen MR) is 138 cm³/mol.